The largest absolute Gasteiger partial charge is 0.497 e. The lowest BCUT2D eigenvalue weighted by Gasteiger charge is -2.10. The molecule has 0 aliphatic carbocycles. The third-order valence-electron chi connectivity index (χ3n) is 3.93. The van der Waals surface area contributed by atoms with Crippen LogP contribution < -0.4 is 10.4 Å². The van der Waals surface area contributed by atoms with Gasteiger partial charge < -0.3 is 4.74 Å². The molecular weight excluding hydrogens is 332 g/mol. The number of aromatic nitrogens is 2. The zero-order chi connectivity index (χ0) is 17.9. The van der Waals surface area contributed by atoms with E-state index in [0.717, 1.165) is 10.8 Å². The summed E-state index contributed by atoms with van der Waals surface area (Å²) in [6.07, 6.45) is 3.46. The number of benzene rings is 1. The van der Waals surface area contributed by atoms with Gasteiger partial charge in [-0.1, -0.05) is 13.8 Å². The molecule has 7 nitrogen and oxygen atoms in total. The van der Waals surface area contributed by atoms with Crippen molar-refractivity contribution in [3.8, 4) is 5.75 Å². The van der Waals surface area contributed by atoms with Crippen LogP contribution in [0.25, 0.3) is 0 Å². The van der Waals surface area contributed by atoms with Gasteiger partial charge in [-0.25, -0.2) is 17.8 Å². The van der Waals surface area contributed by atoms with Crippen molar-refractivity contribution in [2.75, 3.05) is 7.11 Å². The van der Waals surface area contributed by atoms with Crippen molar-refractivity contribution in [3.05, 3.63) is 47.1 Å². The third-order valence-corrected chi connectivity index (χ3v) is 5.60. The molecule has 0 spiro atoms. The van der Waals surface area contributed by atoms with Gasteiger partial charge in [-0.05, 0) is 37.1 Å². The lowest BCUT2D eigenvalue weighted by atomic mass is 10.0. The van der Waals surface area contributed by atoms with Crippen molar-refractivity contribution in [1.29, 1.82) is 0 Å². The first-order valence-electron chi connectivity index (χ1n) is 7.60. The predicted octanol–water partition coefficient (Wildman–Crippen LogP) is 1.97. The van der Waals surface area contributed by atoms with E-state index in [1.807, 2.05) is 13.8 Å². The number of methoxy groups -OCH3 is 1. The quantitative estimate of drug-likeness (QED) is 0.793. The normalized spacial score (nSPS) is 11.7. The second kappa shape index (κ2) is 7.04. The van der Waals surface area contributed by atoms with E-state index in [1.165, 1.54) is 37.6 Å². The van der Waals surface area contributed by atoms with Crippen molar-refractivity contribution in [2.45, 2.75) is 31.6 Å². The van der Waals surface area contributed by atoms with E-state index in [0.29, 0.717) is 22.6 Å². The van der Waals surface area contributed by atoms with E-state index in [9.17, 15) is 18.0 Å². The maximum Gasteiger partial charge on any atom is 0.349 e. The van der Waals surface area contributed by atoms with Crippen LogP contribution in [0.1, 0.15) is 31.5 Å². The molecule has 2 rings (SSSR count). The van der Waals surface area contributed by atoms with E-state index in [4.69, 9.17) is 4.74 Å². The second-order valence-electron chi connectivity index (χ2n) is 5.28. The summed E-state index contributed by atoms with van der Waals surface area (Å²) in [5.41, 5.74) is -0.886. The standard InChI is InChI=1S/C16H20N2O5S/c1-4-12(5-2)15(19)17-10-11-18(16(17)20)24(21,22)14-8-6-13(23-3)7-9-14/h6-12H,4-5H2,1-3H3. The maximum atomic E-state index is 12.6. The molecule has 0 radical (unpaired) electrons. The molecule has 0 fully saturated rings. The number of nitrogens with zero attached hydrogens (tertiary/aromatic N) is 2. The highest BCUT2D eigenvalue weighted by Gasteiger charge is 2.24. The van der Waals surface area contributed by atoms with Crippen LogP contribution in [-0.4, -0.2) is 30.0 Å². The van der Waals surface area contributed by atoms with E-state index in [2.05, 4.69) is 0 Å². The Morgan fingerprint density at radius 1 is 1.12 bits per heavy atom. The molecule has 1 aromatic heterocycles. The summed E-state index contributed by atoms with van der Waals surface area (Å²) >= 11 is 0. The third kappa shape index (κ3) is 3.14. The van der Waals surface area contributed by atoms with Crippen LogP contribution in [0.3, 0.4) is 0 Å². The fraction of sp³-hybridized carbons (Fsp3) is 0.375. The summed E-state index contributed by atoms with van der Waals surface area (Å²) in [5.74, 6) is -0.210. The molecule has 0 saturated carbocycles. The highest BCUT2D eigenvalue weighted by atomic mass is 32.2. The Hall–Kier alpha value is -2.35. The number of carbonyl (C=O) groups is 1. The zero-order valence-corrected chi connectivity index (χ0v) is 14.6. The predicted molar refractivity (Wildman–Crippen MR) is 89.0 cm³/mol. The first-order chi connectivity index (χ1) is 11.4. The molecule has 0 unspecified atom stereocenters. The highest BCUT2D eigenvalue weighted by molar-refractivity contribution is 7.90. The van der Waals surface area contributed by atoms with Gasteiger partial charge in [0.25, 0.3) is 10.0 Å². The van der Waals surface area contributed by atoms with Gasteiger partial charge in [0, 0.05) is 18.3 Å². The van der Waals surface area contributed by atoms with Gasteiger partial charge >= 0.3 is 5.69 Å². The highest BCUT2D eigenvalue weighted by Crippen LogP contribution is 2.17. The van der Waals surface area contributed by atoms with Crippen LogP contribution in [0.5, 0.6) is 5.75 Å². The van der Waals surface area contributed by atoms with Gasteiger partial charge in [-0.3, -0.25) is 4.79 Å². The summed E-state index contributed by atoms with van der Waals surface area (Å²) in [6.45, 7) is 3.70. The van der Waals surface area contributed by atoms with Crippen LogP contribution >= 0.6 is 0 Å². The molecule has 0 bridgehead atoms. The molecule has 0 saturated heterocycles. The summed E-state index contributed by atoms with van der Waals surface area (Å²) in [7, 11) is -2.60. The second-order valence-corrected chi connectivity index (χ2v) is 7.09. The number of hydrogen-bond acceptors (Lipinski definition) is 5. The molecule has 1 aromatic carbocycles. The summed E-state index contributed by atoms with van der Waals surface area (Å²) in [5, 5.41) is 0. The summed E-state index contributed by atoms with van der Waals surface area (Å²) in [4.78, 5) is 24.7. The topological polar surface area (TPSA) is 87.4 Å². The number of carbonyl (C=O) groups excluding carboxylic acids is 1. The van der Waals surface area contributed by atoms with Crippen LogP contribution in [0.2, 0.25) is 0 Å². The number of imidazole rings is 1. The Morgan fingerprint density at radius 3 is 2.21 bits per heavy atom. The van der Waals surface area contributed by atoms with Crippen molar-refractivity contribution in [3.63, 3.8) is 0 Å². The van der Waals surface area contributed by atoms with Crippen molar-refractivity contribution in [1.82, 2.24) is 8.54 Å². The Bertz CT molecular complexity index is 874. The summed E-state index contributed by atoms with van der Waals surface area (Å²) in [6, 6.07) is 5.68. The average Bonchev–Trinajstić information content (AvgIpc) is 2.98. The van der Waals surface area contributed by atoms with Gasteiger partial charge in [-0.2, -0.15) is 3.97 Å². The SMILES string of the molecule is CCC(CC)C(=O)n1ccn(S(=O)(=O)c2ccc(OC)cc2)c1=O. The van der Waals surface area contributed by atoms with Crippen LogP contribution in [0.15, 0.2) is 46.3 Å². The summed E-state index contributed by atoms with van der Waals surface area (Å²) < 4.78 is 31.6. The van der Waals surface area contributed by atoms with Crippen LogP contribution in [-0.2, 0) is 10.0 Å². The van der Waals surface area contributed by atoms with E-state index in [1.54, 1.807) is 0 Å². The number of ether oxygens (including phenoxy) is 1. The molecule has 130 valence electrons. The van der Waals surface area contributed by atoms with Gasteiger partial charge in [0.05, 0.1) is 12.0 Å². The Labute approximate surface area is 140 Å². The minimum Gasteiger partial charge on any atom is -0.497 e. The fourth-order valence-electron chi connectivity index (χ4n) is 2.41. The van der Waals surface area contributed by atoms with E-state index < -0.39 is 21.6 Å². The molecule has 0 atom stereocenters. The molecular formula is C16H20N2O5S. The minimum atomic E-state index is -4.07. The van der Waals surface area contributed by atoms with Crippen molar-refractivity contribution < 1.29 is 17.9 Å². The van der Waals surface area contributed by atoms with Crippen molar-refractivity contribution in [2.24, 2.45) is 5.92 Å². The Morgan fingerprint density at radius 2 is 1.71 bits per heavy atom. The molecule has 0 aliphatic rings. The van der Waals surface area contributed by atoms with E-state index in [-0.39, 0.29) is 10.8 Å². The fourth-order valence-corrected chi connectivity index (χ4v) is 3.62. The molecule has 0 amide bonds. The zero-order valence-electron chi connectivity index (χ0n) is 13.8. The van der Waals surface area contributed by atoms with Gasteiger partial charge in [-0.15, -0.1) is 0 Å². The molecule has 0 aliphatic heterocycles. The minimum absolute atomic E-state index is 0.0573. The van der Waals surface area contributed by atoms with Crippen LogP contribution in [0.4, 0.5) is 0 Å². The monoisotopic (exact) mass is 352 g/mol. The maximum absolute atomic E-state index is 12.6. The first-order valence-corrected chi connectivity index (χ1v) is 9.04. The lowest BCUT2D eigenvalue weighted by molar-refractivity contribution is 0.0822. The molecule has 2 aromatic rings. The smallest absolute Gasteiger partial charge is 0.349 e. The van der Waals surface area contributed by atoms with E-state index >= 15 is 0 Å². The number of hydrogen-bond donors (Lipinski definition) is 0. The van der Waals surface area contributed by atoms with Gasteiger partial charge in [0.2, 0.25) is 5.91 Å². The molecule has 24 heavy (non-hydrogen) atoms. The lowest BCUT2D eigenvalue weighted by Crippen LogP contribution is -2.34. The van der Waals surface area contributed by atoms with Crippen molar-refractivity contribution >= 4 is 15.9 Å². The molecule has 8 heteroatoms. The van der Waals surface area contributed by atoms with Gasteiger partial charge in [0.15, 0.2) is 0 Å². The Balaban J connectivity index is 2.46. The number of rotatable bonds is 6. The molecule has 1 heterocycles. The molecule has 0 N–H and O–H groups in total. The van der Waals surface area contributed by atoms with Gasteiger partial charge in [0.1, 0.15) is 5.75 Å². The Kier molecular flexibility index (Phi) is 5.28. The average molecular weight is 352 g/mol. The van der Waals surface area contributed by atoms with Crippen LogP contribution in [0, 0.1) is 5.92 Å². The first kappa shape index (κ1) is 18.0.